The first kappa shape index (κ1) is 14.8. The van der Waals surface area contributed by atoms with Crippen LogP contribution in [0.2, 0.25) is 0 Å². The Balaban J connectivity index is 1.72. The normalized spacial score (nSPS) is 24.5. The lowest BCUT2D eigenvalue weighted by Gasteiger charge is -2.31. The highest BCUT2D eigenvalue weighted by Gasteiger charge is 2.42. The van der Waals surface area contributed by atoms with Crippen LogP contribution in [0, 0.1) is 5.92 Å². The second-order valence-electron chi connectivity index (χ2n) is 6.48. The number of hydrogen-bond acceptors (Lipinski definition) is 3. The first-order valence-electron chi connectivity index (χ1n) is 8.29. The predicted octanol–water partition coefficient (Wildman–Crippen LogP) is 4.62. The van der Waals surface area contributed by atoms with Crippen molar-refractivity contribution in [3.05, 3.63) is 47.4 Å². The third-order valence-corrected chi connectivity index (χ3v) is 6.44. The zero-order valence-corrected chi connectivity index (χ0v) is 13.7. The molecule has 0 unspecified atom stereocenters. The fourth-order valence-corrected chi connectivity index (χ4v) is 5.52. The molecule has 1 saturated carbocycles. The third kappa shape index (κ3) is 2.67. The van der Waals surface area contributed by atoms with Gasteiger partial charge in [-0.3, -0.25) is 0 Å². The molecule has 0 radical (unpaired) electrons. The van der Waals surface area contributed by atoms with Gasteiger partial charge in [0.05, 0.1) is 5.69 Å². The highest BCUT2D eigenvalue weighted by Crippen LogP contribution is 2.58. The van der Waals surface area contributed by atoms with E-state index in [2.05, 4.69) is 34.2 Å². The van der Waals surface area contributed by atoms with Crippen LogP contribution >= 0.6 is 11.8 Å². The van der Waals surface area contributed by atoms with E-state index < -0.39 is 5.97 Å². The number of nitrogens with zero attached hydrogens (tertiary/aromatic N) is 1. The van der Waals surface area contributed by atoms with Crippen molar-refractivity contribution in [1.29, 1.82) is 0 Å². The molecule has 2 aliphatic rings. The predicted molar refractivity (Wildman–Crippen MR) is 89.9 cm³/mol. The fourth-order valence-electron chi connectivity index (χ4n) is 4.03. The van der Waals surface area contributed by atoms with Gasteiger partial charge >= 0.3 is 5.97 Å². The van der Waals surface area contributed by atoms with Crippen LogP contribution in [0.15, 0.2) is 35.4 Å². The SMILES string of the molecule is O=C(O)c1nc2c([nH]1)[C@@H](C1CCCCC1)[C@@H](c1ccccc1)S2. The molecule has 0 amide bonds. The zero-order chi connectivity index (χ0) is 15.8. The number of carboxylic acid groups (broad SMARTS) is 1. The summed E-state index contributed by atoms with van der Waals surface area (Å²) in [6.45, 7) is 0. The van der Waals surface area contributed by atoms with E-state index in [-0.39, 0.29) is 5.82 Å². The molecule has 23 heavy (non-hydrogen) atoms. The minimum atomic E-state index is -0.973. The van der Waals surface area contributed by atoms with Crippen LogP contribution < -0.4 is 0 Å². The van der Waals surface area contributed by atoms with Gasteiger partial charge in [0.1, 0.15) is 5.03 Å². The minimum absolute atomic E-state index is 0.0785. The zero-order valence-electron chi connectivity index (χ0n) is 12.9. The highest BCUT2D eigenvalue weighted by atomic mass is 32.2. The van der Waals surface area contributed by atoms with Crippen LogP contribution in [0.1, 0.15) is 65.1 Å². The number of benzene rings is 1. The highest BCUT2D eigenvalue weighted by molar-refractivity contribution is 7.99. The number of thioether (sulfide) groups is 1. The summed E-state index contributed by atoms with van der Waals surface area (Å²) in [5, 5.41) is 10.4. The molecular formula is C18H20N2O2S. The van der Waals surface area contributed by atoms with Crippen LogP contribution in [-0.2, 0) is 0 Å². The van der Waals surface area contributed by atoms with Crippen molar-refractivity contribution in [3.8, 4) is 0 Å². The number of fused-ring (bicyclic) bond motifs is 1. The maximum absolute atomic E-state index is 11.2. The van der Waals surface area contributed by atoms with E-state index in [0.717, 1.165) is 10.7 Å². The van der Waals surface area contributed by atoms with Crippen LogP contribution in [0.25, 0.3) is 0 Å². The first-order chi connectivity index (χ1) is 11.2. The molecule has 1 fully saturated rings. The Morgan fingerprint density at radius 1 is 1.17 bits per heavy atom. The lowest BCUT2D eigenvalue weighted by Crippen LogP contribution is -2.19. The second kappa shape index (κ2) is 6.04. The second-order valence-corrected chi connectivity index (χ2v) is 7.61. The topological polar surface area (TPSA) is 66.0 Å². The largest absolute Gasteiger partial charge is 0.475 e. The summed E-state index contributed by atoms with van der Waals surface area (Å²) in [5.41, 5.74) is 2.37. The number of carboxylic acids is 1. The van der Waals surface area contributed by atoms with Crippen molar-refractivity contribution in [1.82, 2.24) is 9.97 Å². The summed E-state index contributed by atoms with van der Waals surface area (Å²) in [6, 6.07) is 10.6. The number of rotatable bonds is 3. The molecule has 1 aromatic carbocycles. The molecule has 2 aromatic rings. The van der Waals surface area contributed by atoms with E-state index in [9.17, 15) is 9.90 Å². The number of aromatic carboxylic acids is 1. The number of imidazole rings is 1. The van der Waals surface area contributed by atoms with E-state index in [4.69, 9.17) is 0 Å². The van der Waals surface area contributed by atoms with Gasteiger partial charge in [-0.2, -0.15) is 0 Å². The van der Waals surface area contributed by atoms with Gasteiger partial charge in [-0.25, -0.2) is 9.78 Å². The number of aromatic amines is 1. The summed E-state index contributed by atoms with van der Waals surface area (Å²) in [4.78, 5) is 18.7. The van der Waals surface area contributed by atoms with Crippen molar-refractivity contribution in [3.63, 3.8) is 0 Å². The Morgan fingerprint density at radius 3 is 2.61 bits per heavy atom. The van der Waals surface area contributed by atoms with Crippen LogP contribution in [0.4, 0.5) is 0 Å². The molecule has 4 rings (SSSR count). The molecule has 1 aliphatic heterocycles. The van der Waals surface area contributed by atoms with Gasteiger partial charge in [-0.05, 0) is 24.3 Å². The quantitative estimate of drug-likeness (QED) is 0.863. The van der Waals surface area contributed by atoms with E-state index in [1.54, 1.807) is 11.8 Å². The number of nitrogens with one attached hydrogen (secondary N) is 1. The van der Waals surface area contributed by atoms with Crippen LogP contribution in [0.5, 0.6) is 0 Å². The molecule has 1 aliphatic carbocycles. The molecule has 2 N–H and O–H groups in total. The van der Waals surface area contributed by atoms with Gasteiger partial charge in [-0.1, -0.05) is 61.4 Å². The van der Waals surface area contributed by atoms with Crippen molar-refractivity contribution in [2.75, 3.05) is 0 Å². The Hall–Kier alpha value is -1.75. The molecule has 1 aromatic heterocycles. The molecule has 2 heterocycles. The maximum atomic E-state index is 11.2. The average molecular weight is 328 g/mol. The molecule has 0 saturated heterocycles. The Labute approximate surface area is 139 Å². The lowest BCUT2D eigenvalue weighted by molar-refractivity contribution is 0.0684. The Morgan fingerprint density at radius 2 is 1.91 bits per heavy atom. The van der Waals surface area contributed by atoms with Crippen LogP contribution in [0.3, 0.4) is 0 Å². The van der Waals surface area contributed by atoms with E-state index in [1.165, 1.54) is 37.7 Å². The molecule has 2 atom stereocenters. The molecule has 0 spiro atoms. The first-order valence-corrected chi connectivity index (χ1v) is 9.17. The van der Waals surface area contributed by atoms with Gasteiger partial charge in [-0.15, -0.1) is 0 Å². The molecule has 0 bridgehead atoms. The minimum Gasteiger partial charge on any atom is -0.475 e. The standard InChI is InChI=1S/C18H20N2O2S/c21-18(22)16-19-14-13(11-7-3-1-4-8-11)15(23-17(14)20-16)12-9-5-2-6-10-12/h2,5-6,9-11,13,15H,1,3-4,7-8H2,(H,19,20)(H,21,22)/t13-,15-/m1/s1. The number of H-pyrrole nitrogens is 1. The summed E-state index contributed by atoms with van der Waals surface area (Å²) in [6.07, 6.45) is 6.35. The number of hydrogen-bond donors (Lipinski definition) is 2. The van der Waals surface area contributed by atoms with Gasteiger partial charge in [0, 0.05) is 11.2 Å². The van der Waals surface area contributed by atoms with Crippen molar-refractivity contribution in [2.45, 2.75) is 48.3 Å². The van der Waals surface area contributed by atoms with E-state index in [0.29, 0.717) is 17.1 Å². The van der Waals surface area contributed by atoms with Gasteiger partial charge < -0.3 is 10.1 Å². The Bertz CT molecular complexity index is 707. The summed E-state index contributed by atoms with van der Waals surface area (Å²) in [7, 11) is 0. The van der Waals surface area contributed by atoms with E-state index >= 15 is 0 Å². The molecular weight excluding hydrogens is 308 g/mol. The number of carbonyl (C=O) groups is 1. The molecule has 120 valence electrons. The van der Waals surface area contributed by atoms with Gasteiger partial charge in [0.25, 0.3) is 0 Å². The van der Waals surface area contributed by atoms with Crippen molar-refractivity contribution in [2.24, 2.45) is 5.92 Å². The summed E-state index contributed by atoms with van der Waals surface area (Å²) < 4.78 is 0. The van der Waals surface area contributed by atoms with Crippen LogP contribution in [-0.4, -0.2) is 21.0 Å². The molecule has 5 heteroatoms. The fraction of sp³-hybridized carbons (Fsp3) is 0.444. The van der Waals surface area contributed by atoms with Gasteiger partial charge in [0.15, 0.2) is 0 Å². The smallest absolute Gasteiger partial charge is 0.371 e. The van der Waals surface area contributed by atoms with E-state index in [1.807, 2.05) is 6.07 Å². The lowest BCUT2D eigenvalue weighted by atomic mass is 9.76. The average Bonchev–Trinajstić information content (AvgIpc) is 3.14. The van der Waals surface area contributed by atoms with Gasteiger partial charge in [0.2, 0.25) is 5.82 Å². The van der Waals surface area contributed by atoms with Crippen molar-refractivity contribution >= 4 is 17.7 Å². The Kier molecular flexibility index (Phi) is 3.89. The summed E-state index contributed by atoms with van der Waals surface area (Å²) >= 11 is 1.72. The summed E-state index contributed by atoms with van der Waals surface area (Å²) in [5.74, 6) is 0.0663. The third-order valence-electron chi connectivity index (χ3n) is 5.08. The number of aromatic nitrogens is 2. The molecule has 4 nitrogen and oxygen atoms in total. The van der Waals surface area contributed by atoms with Crippen molar-refractivity contribution < 1.29 is 9.90 Å². The maximum Gasteiger partial charge on any atom is 0.371 e. The monoisotopic (exact) mass is 328 g/mol.